The van der Waals surface area contributed by atoms with Crippen LogP contribution in [-0.4, -0.2) is 32.7 Å². The van der Waals surface area contributed by atoms with Crippen LogP contribution in [0.4, 0.5) is 8.78 Å². The van der Waals surface area contributed by atoms with Crippen molar-refractivity contribution < 1.29 is 17.2 Å². The molecule has 1 aromatic rings. The van der Waals surface area contributed by atoms with Crippen molar-refractivity contribution in [3.8, 4) is 0 Å². The Balaban J connectivity index is 2.41. The maximum atomic E-state index is 13.3. The standard InChI is InChI=1S/C10H11F2NO2S/c11-10(12)7-13-6-9(10)16(14,15)8-4-2-1-3-5-8/h1-5,9,13H,6-7H2/t9-/m0/s1. The Morgan fingerprint density at radius 3 is 2.38 bits per heavy atom. The highest BCUT2D eigenvalue weighted by molar-refractivity contribution is 7.92. The van der Waals surface area contributed by atoms with E-state index in [-0.39, 0.29) is 11.4 Å². The molecule has 0 aliphatic carbocycles. The molecule has 1 fully saturated rings. The summed E-state index contributed by atoms with van der Waals surface area (Å²) in [6.45, 7) is -0.784. The van der Waals surface area contributed by atoms with Gasteiger partial charge in [-0.1, -0.05) is 18.2 Å². The Hall–Kier alpha value is -1.01. The third-order valence-corrected chi connectivity index (χ3v) is 4.80. The molecule has 88 valence electrons. The van der Waals surface area contributed by atoms with Crippen molar-refractivity contribution >= 4 is 9.84 Å². The minimum atomic E-state index is -3.96. The Kier molecular flexibility index (Phi) is 2.71. The maximum Gasteiger partial charge on any atom is 0.278 e. The van der Waals surface area contributed by atoms with Crippen LogP contribution in [0.25, 0.3) is 0 Å². The first kappa shape index (κ1) is 11.5. The topological polar surface area (TPSA) is 46.2 Å². The van der Waals surface area contributed by atoms with Crippen molar-refractivity contribution in [2.75, 3.05) is 13.1 Å². The summed E-state index contributed by atoms with van der Waals surface area (Å²) < 4.78 is 50.6. The molecule has 16 heavy (non-hydrogen) atoms. The molecule has 2 rings (SSSR count). The second-order valence-electron chi connectivity index (χ2n) is 3.74. The number of nitrogens with one attached hydrogen (secondary N) is 1. The molecule has 0 saturated carbocycles. The van der Waals surface area contributed by atoms with E-state index in [1.807, 2.05) is 0 Å². The van der Waals surface area contributed by atoms with E-state index in [4.69, 9.17) is 0 Å². The summed E-state index contributed by atoms with van der Waals surface area (Å²) >= 11 is 0. The van der Waals surface area contributed by atoms with Crippen molar-refractivity contribution in [2.45, 2.75) is 16.1 Å². The molecule has 0 radical (unpaired) electrons. The number of benzene rings is 1. The van der Waals surface area contributed by atoms with Crippen LogP contribution in [0.5, 0.6) is 0 Å². The molecular formula is C10H11F2NO2S. The van der Waals surface area contributed by atoms with Crippen LogP contribution in [0.1, 0.15) is 0 Å². The highest BCUT2D eigenvalue weighted by Gasteiger charge is 2.51. The summed E-state index contributed by atoms with van der Waals surface area (Å²) in [5.74, 6) is -3.20. The lowest BCUT2D eigenvalue weighted by Crippen LogP contribution is -2.38. The third kappa shape index (κ3) is 1.82. The van der Waals surface area contributed by atoms with Gasteiger partial charge >= 0.3 is 0 Å². The number of rotatable bonds is 2. The lowest BCUT2D eigenvalue weighted by Gasteiger charge is -2.18. The van der Waals surface area contributed by atoms with E-state index in [1.54, 1.807) is 6.07 Å². The van der Waals surface area contributed by atoms with E-state index in [9.17, 15) is 17.2 Å². The SMILES string of the molecule is O=S(=O)(c1ccccc1)[C@H]1CNCC1(F)F. The molecule has 1 atom stereocenters. The molecule has 1 aliphatic rings. The van der Waals surface area contributed by atoms with Crippen molar-refractivity contribution in [1.29, 1.82) is 0 Å². The number of hydrogen-bond donors (Lipinski definition) is 1. The molecule has 1 aromatic carbocycles. The van der Waals surface area contributed by atoms with Gasteiger partial charge in [-0.2, -0.15) is 0 Å². The molecule has 1 aliphatic heterocycles. The third-order valence-electron chi connectivity index (χ3n) is 2.61. The molecule has 0 aromatic heterocycles. The predicted molar refractivity (Wildman–Crippen MR) is 55.2 cm³/mol. The van der Waals surface area contributed by atoms with E-state index in [1.165, 1.54) is 24.3 Å². The second-order valence-corrected chi connectivity index (χ2v) is 5.87. The molecule has 0 bridgehead atoms. The predicted octanol–water partition coefficient (Wildman–Crippen LogP) is 1.07. The van der Waals surface area contributed by atoms with Gasteiger partial charge in [-0.25, -0.2) is 17.2 Å². The second kappa shape index (κ2) is 3.78. The van der Waals surface area contributed by atoms with Crippen LogP contribution in [0.3, 0.4) is 0 Å². The van der Waals surface area contributed by atoms with E-state index in [2.05, 4.69) is 5.32 Å². The fraction of sp³-hybridized carbons (Fsp3) is 0.400. The average molecular weight is 247 g/mol. The van der Waals surface area contributed by atoms with Gasteiger partial charge in [-0.3, -0.25) is 0 Å². The minimum Gasteiger partial charge on any atom is -0.310 e. The van der Waals surface area contributed by atoms with E-state index < -0.39 is 27.6 Å². The van der Waals surface area contributed by atoms with Crippen LogP contribution in [0.2, 0.25) is 0 Å². The molecule has 1 saturated heterocycles. The van der Waals surface area contributed by atoms with Crippen molar-refractivity contribution in [3.05, 3.63) is 30.3 Å². The van der Waals surface area contributed by atoms with Crippen LogP contribution in [0, 0.1) is 0 Å². The van der Waals surface area contributed by atoms with Gasteiger partial charge in [-0.05, 0) is 12.1 Å². The van der Waals surface area contributed by atoms with Crippen molar-refractivity contribution in [2.24, 2.45) is 0 Å². The lowest BCUT2D eigenvalue weighted by atomic mass is 10.3. The monoisotopic (exact) mass is 247 g/mol. The molecule has 0 amide bonds. The molecule has 0 spiro atoms. The van der Waals surface area contributed by atoms with Crippen molar-refractivity contribution in [3.63, 3.8) is 0 Å². The Morgan fingerprint density at radius 1 is 1.25 bits per heavy atom. The van der Waals surface area contributed by atoms with Gasteiger partial charge in [0.1, 0.15) is 5.25 Å². The average Bonchev–Trinajstić information content (AvgIpc) is 2.60. The van der Waals surface area contributed by atoms with Gasteiger partial charge < -0.3 is 5.32 Å². The number of sulfone groups is 1. The van der Waals surface area contributed by atoms with E-state index in [0.29, 0.717) is 0 Å². The summed E-state index contributed by atoms with van der Waals surface area (Å²) in [6, 6.07) is 7.36. The first-order chi connectivity index (χ1) is 7.44. The number of halogens is 2. The summed E-state index contributed by atoms with van der Waals surface area (Å²) in [5.41, 5.74) is 0. The molecule has 6 heteroatoms. The largest absolute Gasteiger partial charge is 0.310 e. The molecule has 0 unspecified atom stereocenters. The van der Waals surface area contributed by atoms with Crippen LogP contribution >= 0.6 is 0 Å². The van der Waals surface area contributed by atoms with Gasteiger partial charge in [0, 0.05) is 6.54 Å². The van der Waals surface area contributed by atoms with Crippen LogP contribution < -0.4 is 5.32 Å². The van der Waals surface area contributed by atoms with Crippen LogP contribution in [0.15, 0.2) is 35.2 Å². The van der Waals surface area contributed by atoms with E-state index in [0.717, 1.165) is 0 Å². The number of hydrogen-bond acceptors (Lipinski definition) is 3. The Labute approximate surface area is 92.4 Å². The van der Waals surface area contributed by atoms with Gasteiger partial charge in [0.25, 0.3) is 5.92 Å². The molecule has 1 heterocycles. The summed E-state index contributed by atoms with van der Waals surface area (Å²) in [5, 5.41) is 0.745. The fourth-order valence-electron chi connectivity index (χ4n) is 1.74. The normalized spacial score (nSPS) is 24.5. The van der Waals surface area contributed by atoms with Crippen molar-refractivity contribution in [1.82, 2.24) is 5.32 Å². The maximum absolute atomic E-state index is 13.3. The smallest absolute Gasteiger partial charge is 0.278 e. The van der Waals surface area contributed by atoms with E-state index >= 15 is 0 Å². The first-order valence-electron chi connectivity index (χ1n) is 4.82. The quantitative estimate of drug-likeness (QED) is 0.850. The summed E-state index contributed by atoms with van der Waals surface area (Å²) in [7, 11) is -3.96. The molecule has 3 nitrogen and oxygen atoms in total. The zero-order chi connectivity index (χ0) is 11.8. The lowest BCUT2D eigenvalue weighted by molar-refractivity contribution is 0.0269. The fourth-order valence-corrected chi connectivity index (χ4v) is 3.48. The Bertz CT molecular complexity index is 473. The zero-order valence-corrected chi connectivity index (χ0v) is 9.18. The van der Waals surface area contributed by atoms with Crippen LogP contribution in [-0.2, 0) is 9.84 Å². The zero-order valence-electron chi connectivity index (χ0n) is 8.36. The highest BCUT2D eigenvalue weighted by atomic mass is 32.2. The van der Waals surface area contributed by atoms with Gasteiger partial charge in [0.15, 0.2) is 9.84 Å². The molecule has 1 N–H and O–H groups in total. The minimum absolute atomic E-state index is 0.0524. The van der Waals surface area contributed by atoms with Gasteiger partial charge in [0.2, 0.25) is 0 Å². The van der Waals surface area contributed by atoms with Gasteiger partial charge in [0.05, 0.1) is 11.4 Å². The highest BCUT2D eigenvalue weighted by Crippen LogP contribution is 2.31. The Morgan fingerprint density at radius 2 is 1.88 bits per heavy atom. The summed E-state index contributed by atoms with van der Waals surface area (Å²) in [4.78, 5) is -0.0524. The number of alkyl halides is 2. The summed E-state index contributed by atoms with van der Waals surface area (Å²) in [6.07, 6.45) is 0. The molecular weight excluding hydrogens is 236 g/mol. The first-order valence-corrected chi connectivity index (χ1v) is 6.37. The van der Waals surface area contributed by atoms with Gasteiger partial charge in [-0.15, -0.1) is 0 Å².